The maximum absolute atomic E-state index is 9.24. The van der Waals surface area contributed by atoms with Crippen molar-refractivity contribution in [3.05, 3.63) is 29.8 Å². The lowest BCUT2D eigenvalue weighted by molar-refractivity contribution is 0.0465. The Bertz CT molecular complexity index is 396. The third-order valence-electron chi connectivity index (χ3n) is 3.36. The van der Waals surface area contributed by atoms with Crippen LogP contribution in [0.25, 0.3) is 0 Å². The Labute approximate surface area is 102 Å². The lowest BCUT2D eigenvalue weighted by Crippen LogP contribution is -2.37. The molecule has 0 atom stereocenters. The first-order chi connectivity index (χ1) is 8.06. The number of aliphatic hydroxyl groups excluding tert-OH is 1. The van der Waals surface area contributed by atoms with Crippen LogP contribution in [0.1, 0.15) is 18.4 Å². The van der Waals surface area contributed by atoms with Crippen molar-refractivity contribution in [1.29, 1.82) is 5.41 Å². The minimum atomic E-state index is -0.0894. The summed E-state index contributed by atoms with van der Waals surface area (Å²) in [4.78, 5) is 2.18. The highest BCUT2D eigenvalue weighted by molar-refractivity contribution is 5.95. The van der Waals surface area contributed by atoms with E-state index in [2.05, 4.69) is 4.90 Å². The third kappa shape index (κ3) is 2.77. The maximum atomic E-state index is 9.24. The summed E-state index contributed by atoms with van der Waals surface area (Å²) in [7, 11) is 2.05. The van der Waals surface area contributed by atoms with Gasteiger partial charge in [-0.25, -0.2) is 0 Å². The molecule has 0 bridgehead atoms. The van der Waals surface area contributed by atoms with Crippen LogP contribution in [0, 0.1) is 11.3 Å². The van der Waals surface area contributed by atoms with Crippen LogP contribution in [0.15, 0.2) is 24.3 Å². The number of amidine groups is 1. The Morgan fingerprint density at radius 3 is 2.47 bits per heavy atom. The Kier molecular flexibility index (Phi) is 3.33. The molecular formula is C13H19N3O. The van der Waals surface area contributed by atoms with Gasteiger partial charge in [0.15, 0.2) is 0 Å². The molecule has 4 nitrogen and oxygen atoms in total. The number of aliphatic hydroxyl groups is 1. The molecule has 0 unspecified atom stereocenters. The Morgan fingerprint density at radius 1 is 1.41 bits per heavy atom. The van der Waals surface area contributed by atoms with Crippen molar-refractivity contribution in [1.82, 2.24) is 0 Å². The molecule has 1 aromatic carbocycles. The van der Waals surface area contributed by atoms with Crippen LogP contribution < -0.4 is 10.6 Å². The highest BCUT2D eigenvalue weighted by Crippen LogP contribution is 2.29. The molecule has 1 aliphatic rings. The molecule has 0 heterocycles. The first-order valence-corrected chi connectivity index (χ1v) is 5.90. The average molecular weight is 233 g/mol. The van der Waals surface area contributed by atoms with Gasteiger partial charge >= 0.3 is 0 Å². The van der Waals surface area contributed by atoms with Gasteiger partial charge in [-0.1, -0.05) is 0 Å². The molecule has 1 aromatic rings. The number of nitrogens with two attached hydrogens (primary N) is 1. The molecule has 1 aliphatic carbocycles. The summed E-state index contributed by atoms with van der Waals surface area (Å²) < 4.78 is 0. The SMILES string of the molecule is CN(CC1CC(O)C1)c1ccc(C(=N)N)cc1. The summed E-state index contributed by atoms with van der Waals surface area (Å²) in [5, 5.41) is 16.6. The Hall–Kier alpha value is -1.55. The highest BCUT2D eigenvalue weighted by atomic mass is 16.3. The maximum Gasteiger partial charge on any atom is 0.122 e. The molecule has 0 aromatic heterocycles. The highest BCUT2D eigenvalue weighted by Gasteiger charge is 2.27. The van der Waals surface area contributed by atoms with Crippen LogP contribution in [-0.4, -0.2) is 30.6 Å². The van der Waals surface area contributed by atoms with E-state index in [1.807, 2.05) is 31.3 Å². The van der Waals surface area contributed by atoms with Gasteiger partial charge in [0, 0.05) is 24.8 Å². The van der Waals surface area contributed by atoms with Crippen molar-refractivity contribution in [2.45, 2.75) is 18.9 Å². The molecule has 4 heteroatoms. The number of nitrogens with one attached hydrogen (secondary N) is 1. The van der Waals surface area contributed by atoms with Crippen molar-refractivity contribution in [2.75, 3.05) is 18.5 Å². The Balaban J connectivity index is 1.94. The number of nitrogens with zero attached hydrogens (tertiary/aromatic N) is 1. The van der Waals surface area contributed by atoms with Gasteiger partial charge in [0.05, 0.1) is 6.10 Å². The van der Waals surface area contributed by atoms with Gasteiger partial charge in [-0.3, -0.25) is 5.41 Å². The summed E-state index contributed by atoms with van der Waals surface area (Å²) in [6, 6.07) is 7.69. The lowest BCUT2D eigenvalue weighted by Gasteiger charge is -2.35. The predicted octanol–water partition coefficient (Wildman–Crippen LogP) is 1.18. The van der Waals surface area contributed by atoms with Gasteiger partial charge in [0.25, 0.3) is 0 Å². The predicted molar refractivity (Wildman–Crippen MR) is 69.5 cm³/mol. The second kappa shape index (κ2) is 4.75. The summed E-state index contributed by atoms with van der Waals surface area (Å²) in [5.74, 6) is 0.698. The molecule has 0 saturated heterocycles. The van der Waals surface area contributed by atoms with Crippen molar-refractivity contribution in [3.63, 3.8) is 0 Å². The number of rotatable bonds is 4. The molecule has 0 radical (unpaired) electrons. The number of anilines is 1. The largest absolute Gasteiger partial charge is 0.393 e. The van der Waals surface area contributed by atoms with E-state index in [1.165, 1.54) is 0 Å². The van der Waals surface area contributed by atoms with Crippen LogP contribution in [0.2, 0.25) is 0 Å². The van der Waals surface area contributed by atoms with Crippen LogP contribution in [-0.2, 0) is 0 Å². The molecule has 4 N–H and O–H groups in total. The first kappa shape index (κ1) is 11.9. The minimum absolute atomic E-state index is 0.0894. The Morgan fingerprint density at radius 2 is 2.00 bits per heavy atom. The number of nitrogen functional groups attached to an aromatic ring is 1. The monoisotopic (exact) mass is 233 g/mol. The topological polar surface area (TPSA) is 73.3 Å². The van der Waals surface area contributed by atoms with Gasteiger partial charge in [-0.05, 0) is 43.0 Å². The lowest BCUT2D eigenvalue weighted by atomic mass is 9.82. The molecule has 0 spiro atoms. The van der Waals surface area contributed by atoms with E-state index in [0.29, 0.717) is 5.92 Å². The standard InChI is InChI=1S/C13H19N3O/c1-16(8-9-6-12(17)7-9)11-4-2-10(3-5-11)13(14)15/h2-5,9,12,17H,6-8H2,1H3,(H3,14,15). The van der Waals surface area contributed by atoms with Gasteiger partial charge in [-0.2, -0.15) is 0 Å². The molecule has 1 saturated carbocycles. The van der Waals surface area contributed by atoms with Gasteiger partial charge in [-0.15, -0.1) is 0 Å². The quantitative estimate of drug-likeness (QED) is 0.540. The number of benzene rings is 1. The average Bonchev–Trinajstić information content (AvgIpc) is 2.27. The fourth-order valence-electron chi connectivity index (χ4n) is 2.24. The fraction of sp³-hybridized carbons (Fsp3) is 0.462. The molecular weight excluding hydrogens is 214 g/mol. The van der Waals surface area contributed by atoms with E-state index in [4.69, 9.17) is 11.1 Å². The van der Waals surface area contributed by atoms with E-state index in [9.17, 15) is 5.11 Å². The van der Waals surface area contributed by atoms with Gasteiger partial charge in [0.2, 0.25) is 0 Å². The zero-order chi connectivity index (χ0) is 12.4. The second-order valence-corrected chi connectivity index (χ2v) is 4.83. The second-order valence-electron chi connectivity index (χ2n) is 4.83. The van der Waals surface area contributed by atoms with Crippen molar-refractivity contribution >= 4 is 11.5 Å². The van der Waals surface area contributed by atoms with Crippen LogP contribution in [0.3, 0.4) is 0 Å². The minimum Gasteiger partial charge on any atom is -0.393 e. The van der Waals surface area contributed by atoms with Gasteiger partial charge < -0.3 is 15.7 Å². The van der Waals surface area contributed by atoms with E-state index in [-0.39, 0.29) is 11.9 Å². The van der Waals surface area contributed by atoms with E-state index in [1.54, 1.807) is 0 Å². The smallest absolute Gasteiger partial charge is 0.122 e. The fourth-order valence-corrected chi connectivity index (χ4v) is 2.24. The zero-order valence-corrected chi connectivity index (χ0v) is 10.1. The normalized spacial score (nSPS) is 22.9. The molecule has 17 heavy (non-hydrogen) atoms. The molecule has 0 amide bonds. The number of hydrogen-bond donors (Lipinski definition) is 3. The van der Waals surface area contributed by atoms with Crippen molar-refractivity contribution in [2.24, 2.45) is 11.7 Å². The zero-order valence-electron chi connectivity index (χ0n) is 10.1. The van der Waals surface area contributed by atoms with Crippen LogP contribution in [0.4, 0.5) is 5.69 Å². The number of hydrogen-bond acceptors (Lipinski definition) is 3. The molecule has 0 aliphatic heterocycles. The molecule has 1 fully saturated rings. The van der Waals surface area contributed by atoms with E-state index < -0.39 is 0 Å². The van der Waals surface area contributed by atoms with Crippen LogP contribution in [0.5, 0.6) is 0 Å². The summed E-state index contributed by atoms with van der Waals surface area (Å²) in [6.45, 7) is 0.969. The van der Waals surface area contributed by atoms with Crippen LogP contribution >= 0.6 is 0 Å². The van der Waals surface area contributed by atoms with Crippen molar-refractivity contribution < 1.29 is 5.11 Å². The molecule has 2 rings (SSSR count). The first-order valence-electron chi connectivity index (χ1n) is 5.90. The van der Waals surface area contributed by atoms with E-state index >= 15 is 0 Å². The third-order valence-corrected chi connectivity index (χ3v) is 3.36. The summed E-state index contributed by atoms with van der Waals surface area (Å²) >= 11 is 0. The van der Waals surface area contributed by atoms with Gasteiger partial charge in [0.1, 0.15) is 5.84 Å². The summed E-state index contributed by atoms with van der Waals surface area (Å²) in [5.41, 5.74) is 7.28. The summed E-state index contributed by atoms with van der Waals surface area (Å²) in [6.07, 6.45) is 1.74. The molecule has 92 valence electrons. The van der Waals surface area contributed by atoms with Crippen molar-refractivity contribution in [3.8, 4) is 0 Å². The van der Waals surface area contributed by atoms with E-state index in [0.717, 1.165) is 30.6 Å².